The molecule has 0 saturated carbocycles. The van der Waals surface area contributed by atoms with Crippen LogP contribution in [0.4, 0.5) is 0 Å². The van der Waals surface area contributed by atoms with Crippen LogP contribution in [0.25, 0.3) is 0 Å². The van der Waals surface area contributed by atoms with Gasteiger partial charge in [-0.1, -0.05) is 0 Å². The third-order valence-electron chi connectivity index (χ3n) is 1.73. The highest BCUT2D eigenvalue weighted by Gasteiger charge is 2.29. The summed E-state index contributed by atoms with van der Waals surface area (Å²) >= 11 is 0. The molecule has 0 rings (SSSR count). The Kier molecular flexibility index (Phi) is 5.16. The smallest absolute Gasteiger partial charge is 0.137 e. The first kappa shape index (κ1) is 10.8. The minimum Gasteiger partial charge on any atom is -0.395 e. The molecule has 7 heteroatoms. The number of rotatable bonds is 7. The summed E-state index contributed by atoms with van der Waals surface area (Å²) in [4.78, 5) is 0. The Morgan fingerprint density at radius 1 is 1.15 bits per heavy atom. The van der Waals surface area contributed by atoms with E-state index in [2.05, 4.69) is 5.43 Å². The van der Waals surface area contributed by atoms with Crippen molar-refractivity contribution in [2.75, 3.05) is 13.2 Å². The normalized spacial score (nSPS) is 21.8. The molecular formula is C6H16N2O5. The van der Waals surface area contributed by atoms with Gasteiger partial charge in [-0.2, -0.15) is 0 Å². The summed E-state index contributed by atoms with van der Waals surface area (Å²) in [5.41, 5.74) is 2.16. The van der Waals surface area contributed by atoms with Gasteiger partial charge in [0, 0.05) is 0 Å². The zero-order valence-electron chi connectivity index (χ0n) is 7.96. The van der Waals surface area contributed by atoms with Crippen molar-refractivity contribution in [2.45, 2.75) is 24.4 Å². The predicted molar refractivity (Wildman–Crippen MR) is 43.3 cm³/mol. The molecule has 0 aromatic heterocycles. The van der Waals surface area contributed by atoms with Gasteiger partial charge in [0.1, 0.15) is 19.7 Å². The van der Waals surface area contributed by atoms with Crippen LogP contribution in [0.1, 0.15) is 0 Å². The lowest BCUT2D eigenvalue weighted by atomic mass is 10.0. The third-order valence-corrected chi connectivity index (χ3v) is 1.73. The summed E-state index contributed by atoms with van der Waals surface area (Å²) in [6.45, 7) is -1.24. The summed E-state index contributed by atoms with van der Waals surface area (Å²) in [7, 11) is 0. The molecular weight excluding hydrogens is 180 g/mol. The number of nitrogens with one attached hydrogen (secondary N) is 1. The zero-order valence-corrected chi connectivity index (χ0v) is 6.96. The topological polar surface area (TPSA) is 139 Å². The van der Waals surface area contributed by atoms with Gasteiger partial charge >= 0.3 is 0 Å². The molecule has 0 spiro atoms. The van der Waals surface area contributed by atoms with Crippen LogP contribution in [-0.2, 0) is 0 Å². The van der Waals surface area contributed by atoms with Crippen LogP contribution in [0, 0.1) is 0 Å². The average molecular weight is 197 g/mol. The van der Waals surface area contributed by atoms with Gasteiger partial charge in [-0.15, -0.1) is 0 Å². The van der Waals surface area contributed by atoms with Gasteiger partial charge in [0.05, 0.1) is 19.3 Å². The van der Waals surface area contributed by atoms with Gasteiger partial charge in [0.15, 0.2) is 0 Å². The molecule has 0 aromatic carbocycles. The largest absolute Gasteiger partial charge is 0.395 e. The van der Waals surface area contributed by atoms with Crippen molar-refractivity contribution in [1.82, 2.24) is 5.43 Å². The highest BCUT2D eigenvalue weighted by Crippen LogP contribution is 2.03. The maximum Gasteiger partial charge on any atom is 0.137 e. The Bertz CT molecular complexity index is 150. The maximum absolute atomic E-state index is 9.34. The van der Waals surface area contributed by atoms with Crippen molar-refractivity contribution in [3.05, 3.63) is 0 Å². The van der Waals surface area contributed by atoms with Crippen LogP contribution in [-0.4, -0.2) is 63.1 Å². The van der Waals surface area contributed by atoms with Crippen LogP contribution in [0.2, 0.25) is 1.41 Å². The molecule has 0 heterocycles. The molecule has 0 aliphatic rings. The Labute approximate surface area is 76.9 Å². The van der Waals surface area contributed by atoms with E-state index in [1.807, 2.05) is 0 Å². The van der Waals surface area contributed by atoms with Crippen LogP contribution < -0.4 is 11.3 Å². The lowest BCUT2D eigenvalue weighted by Crippen LogP contribution is -2.54. The van der Waals surface area contributed by atoms with E-state index in [4.69, 9.17) is 16.7 Å². The first-order valence-corrected chi connectivity index (χ1v) is 3.76. The minimum atomic E-state index is -1.60. The van der Waals surface area contributed by atoms with Gasteiger partial charge < -0.3 is 25.5 Å². The van der Waals surface area contributed by atoms with E-state index in [0.29, 0.717) is 0 Å². The fraction of sp³-hybridized carbons (Fsp3) is 1.00. The SMILES string of the molecule is [2H]NN[C@H](CO)[C@H](O)[C@H](O)[C@H](O)CO. The molecule has 0 fully saturated rings. The van der Waals surface area contributed by atoms with E-state index < -0.39 is 37.6 Å². The lowest BCUT2D eigenvalue weighted by molar-refractivity contribution is -0.0916. The van der Waals surface area contributed by atoms with E-state index in [1.54, 1.807) is 5.84 Å². The van der Waals surface area contributed by atoms with Crippen LogP contribution in [0.15, 0.2) is 0 Å². The Morgan fingerprint density at radius 3 is 2.15 bits per heavy atom. The molecule has 0 aromatic rings. The number of hydrogen-bond acceptors (Lipinski definition) is 7. The molecule has 0 aliphatic heterocycles. The molecule has 0 bridgehead atoms. The first-order valence-electron chi connectivity index (χ1n) is 4.26. The van der Waals surface area contributed by atoms with E-state index in [-0.39, 0.29) is 0 Å². The fourth-order valence-corrected chi connectivity index (χ4v) is 0.813. The summed E-state index contributed by atoms with van der Waals surface area (Å²) in [6, 6.07) is -1.01. The number of aliphatic hydroxyl groups is 5. The molecule has 80 valence electrons. The van der Waals surface area contributed by atoms with E-state index in [9.17, 15) is 10.2 Å². The number of hydrogen-bond donors (Lipinski definition) is 7. The number of hydrazine groups is 1. The summed E-state index contributed by atoms with van der Waals surface area (Å²) in [5.74, 6) is 1.74. The minimum absolute atomic E-state index is 0.539. The molecule has 13 heavy (non-hydrogen) atoms. The van der Waals surface area contributed by atoms with E-state index in [1.165, 1.54) is 0 Å². The molecule has 0 unspecified atom stereocenters. The summed E-state index contributed by atoms with van der Waals surface area (Å²) < 4.78 is 6.55. The highest BCUT2D eigenvalue weighted by molar-refractivity contribution is 4.83. The van der Waals surface area contributed by atoms with Crippen LogP contribution in [0.5, 0.6) is 0 Å². The van der Waals surface area contributed by atoms with E-state index in [0.717, 1.165) is 0 Å². The second-order valence-electron chi connectivity index (χ2n) is 2.66. The van der Waals surface area contributed by atoms with Gasteiger partial charge in [-0.05, 0) is 0 Å². The quantitative estimate of drug-likeness (QED) is 0.162. The third kappa shape index (κ3) is 3.53. The molecule has 4 atom stereocenters. The van der Waals surface area contributed by atoms with Gasteiger partial charge in [-0.3, -0.25) is 11.3 Å². The zero-order chi connectivity index (χ0) is 11.1. The van der Waals surface area contributed by atoms with Gasteiger partial charge in [0.25, 0.3) is 0 Å². The molecule has 0 saturated heterocycles. The van der Waals surface area contributed by atoms with Crippen LogP contribution >= 0.6 is 0 Å². The maximum atomic E-state index is 9.34. The summed E-state index contributed by atoms with van der Waals surface area (Å²) in [6.07, 6.45) is -4.59. The monoisotopic (exact) mass is 197 g/mol. The fourth-order valence-electron chi connectivity index (χ4n) is 0.813. The van der Waals surface area contributed by atoms with Crippen molar-refractivity contribution >= 4 is 0 Å². The molecule has 7 nitrogen and oxygen atoms in total. The van der Waals surface area contributed by atoms with Crippen molar-refractivity contribution < 1.29 is 26.9 Å². The summed E-state index contributed by atoms with van der Waals surface area (Å²) in [5, 5.41) is 44.7. The number of aliphatic hydroxyl groups excluding tert-OH is 5. The Hall–Kier alpha value is -0.280. The molecule has 0 radical (unpaired) electrons. The van der Waals surface area contributed by atoms with Gasteiger partial charge in [0.2, 0.25) is 0 Å². The molecule has 8 N–H and O–H groups in total. The number of nitrogens with two attached hydrogens (primary N) is 1. The Balaban J connectivity index is 4.17. The van der Waals surface area contributed by atoms with Crippen molar-refractivity contribution in [3.8, 4) is 0 Å². The van der Waals surface area contributed by atoms with Crippen LogP contribution in [0.3, 0.4) is 0 Å². The lowest BCUT2D eigenvalue weighted by Gasteiger charge is -2.26. The van der Waals surface area contributed by atoms with Crippen molar-refractivity contribution in [2.24, 2.45) is 5.84 Å². The predicted octanol–water partition coefficient (Wildman–Crippen LogP) is -4.11. The molecule has 0 amide bonds. The van der Waals surface area contributed by atoms with Crippen molar-refractivity contribution in [1.29, 1.82) is 0 Å². The molecule has 0 aliphatic carbocycles. The second kappa shape index (κ2) is 6.22. The van der Waals surface area contributed by atoms with E-state index >= 15 is 0 Å². The van der Waals surface area contributed by atoms with Crippen molar-refractivity contribution in [3.63, 3.8) is 0 Å². The standard InChI is InChI=1S/C6H16N2O5/c7-8-3(1-9)5(12)6(13)4(11)2-10/h3-6,8-13H,1-2,7H2/t3-,4-,5+,6-/m1/s1/i/hD. The van der Waals surface area contributed by atoms with Gasteiger partial charge in [-0.25, -0.2) is 0 Å². The average Bonchev–Trinajstić information content (AvgIpc) is 2.22. The second-order valence-corrected chi connectivity index (χ2v) is 2.66. The first-order chi connectivity index (χ1) is 6.58. The Morgan fingerprint density at radius 2 is 1.77 bits per heavy atom. The highest BCUT2D eigenvalue weighted by atomic mass is 16.4.